The highest BCUT2D eigenvalue weighted by atomic mass is 35.5. The molecule has 0 bridgehead atoms. The number of halogens is 1. The Hall–Kier alpha value is -1.45. The van der Waals surface area contributed by atoms with Crippen molar-refractivity contribution in [1.82, 2.24) is 0 Å². The zero-order valence-corrected chi connectivity index (χ0v) is 13.7. The number of hydrogen-bond donors (Lipinski definition) is 1. The number of anilines is 1. The second-order valence-electron chi connectivity index (χ2n) is 5.05. The molecule has 2 nitrogen and oxygen atoms in total. The van der Waals surface area contributed by atoms with Gasteiger partial charge in [-0.1, -0.05) is 29.8 Å². The fourth-order valence-electron chi connectivity index (χ4n) is 2.13. The summed E-state index contributed by atoms with van der Waals surface area (Å²) in [5, 5.41) is 3.66. The maximum Gasteiger partial charge on any atom is 0.234 e. The number of benzene rings is 2. The molecule has 0 radical (unpaired) electrons. The first-order valence-electron chi connectivity index (χ1n) is 6.73. The third-order valence-electron chi connectivity index (χ3n) is 2.90. The van der Waals surface area contributed by atoms with Crippen LogP contribution < -0.4 is 5.32 Å². The quantitative estimate of drug-likeness (QED) is 0.855. The highest BCUT2D eigenvalue weighted by molar-refractivity contribution is 7.99. The van der Waals surface area contributed by atoms with Crippen molar-refractivity contribution in [1.29, 1.82) is 0 Å². The van der Waals surface area contributed by atoms with E-state index in [2.05, 4.69) is 11.4 Å². The van der Waals surface area contributed by atoms with E-state index in [1.807, 2.05) is 50.2 Å². The van der Waals surface area contributed by atoms with Crippen LogP contribution in [0.5, 0.6) is 0 Å². The molecule has 1 N–H and O–H groups in total. The summed E-state index contributed by atoms with van der Waals surface area (Å²) in [7, 11) is 0. The predicted molar refractivity (Wildman–Crippen MR) is 92.2 cm³/mol. The average molecular weight is 320 g/mol. The molecular weight excluding hydrogens is 302 g/mol. The molecule has 4 heteroatoms. The molecule has 21 heavy (non-hydrogen) atoms. The molecule has 0 heterocycles. The van der Waals surface area contributed by atoms with Crippen molar-refractivity contribution in [2.75, 3.05) is 11.1 Å². The van der Waals surface area contributed by atoms with E-state index in [4.69, 9.17) is 11.6 Å². The molecule has 0 fully saturated rings. The van der Waals surface area contributed by atoms with E-state index in [1.54, 1.807) is 11.8 Å². The van der Waals surface area contributed by atoms with Gasteiger partial charge in [-0.15, -0.1) is 11.8 Å². The zero-order valence-electron chi connectivity index (χ0n) is 12.2. The molecule has 0 atom stereocenters. The Balaban J connectivity index is 1.82. The van der Waals surface area contributed by atoms with Crippen LogP contribution in [0.1, 0.15) is 16.7 Å². The lowest BCUT2D eigenvalue weighted by molar-refractivity contribution is -0.113. The van der Waals surface area contributed by atoms with Crippen LogP contribution in [0, 0.1) is 13.8 Å². The first-order valence-corrected chi connectivity index (χ1v) is 8.26. The van der Waals surface area contributed by atoms with Gasteiger partial charge in [0.1, 0.15) is 0 Å². The van der Waals surface area contributed by atoms with Gasteiger partial charge in [0.05, 0.1) is 5.75 Å². The normalized spacial score (nSPS) is 10.4. The van der Waals surface area contributed by atoms with Crippen LogP contribution in [0.15, 0.2) is 42.5 Å². The van der Waals surface area contributed by atoms with Crippen molar-refractivity contribution >= 4 is 35.0 Å². The van der Waals surface area contributed by atoms with E-state index in [0.717, 1.165) is 33.2 Å². The van der Waals surface area contributed by atoms with Crippen molar-refractivity contribution < 1.29 is 4.79 Å². The van der Waals surface area contributed by atoms with Crippen molar-refractivity contribution in [3.63, 3.8) is 0 Å². The lowest BCUT2D eigenvalue weighted by Crippen LogP contribution is -2.14. The van der Waals surface area contributed by atoms with E-state index in [9.17, 15) is 4.79 Å². The minimum Gasteiger partial charge on any atom is -0.325 e. The van der Waals surface area contributed by atoms with Gasteiger partial charge in [0.15, 0.2) is 0 Å². The maximum atomic E-state index is 11.9. The monoisotopic (exact) mass is 319 g/mol. The molecular formula is C17H18ClNOS. The molecule has 110 valence electrons. The zero-order chi connectivity index (χ0) is 15.2. The SMILES string of the molecule is Cc1cc(C)cc(NC(=O)CSCc2cccc(Cl)c2)c1. The number of rotatable bonds is 5. The molecule has 2 rings (SSSR count). The molecule has 0 aliphatic rings. The topological polar surface area (TPSA) is 29.1 Å². The van der Waals surface area contributed by atoms with Gasteiger partial charge in [-0.25, -0.2) is 0 Å². The molecule has 1 amide bonds. The Bertz CT molecular complexity index is 622. The third kappa shape index (κ3) is 5.44. The smallest absolute Gasteiger partial charge is 0.234 e. The molecule has 0 aliphatic heterocycles. The van der Waals surface area contributed by atoms with E-state index in [1.165, 1.54) is 0 Å². The Labute approximate surface area is 134 Å². The van der Waals surface area contributed by atoms with Crippen LogP contribution >= 0.6 is 23.4 Å². The number of hydrogen-bond acceptors (Lipinski definition) is 2. The summed E-state index contributed by atoms with van der Waals surface area (Å²) in [5.74, 6) is 1.23. The Morgan fingerprint density at radius 1 is 1.14 bits per heavy atom. The summed E-state index contributed by atoms with van der Waals surface area (Å²) in [6, 6.07) is 13.8. The summed E-state index contributed by atoms with van der Waals surface area (Å²) in [6.45, 7) is 4.05. The highest BCUT2D eigenvalue weighted by Gasteiger charge is 2.04. The summed E-state index contributed by atoms with van der Waals surface area (Å²) < 4.78 is 0. The number of amides is 1. The van der Waals surface area contributed by atoms with Gasteiger partial charge in [-0.3, -0.25) is 4.79 Å². The van der Waals surface area contributed by atoms with E-state index in [0.29, 0.717) is 5.75 Å². The van der Waals surface area contributed by atoms with Crippen LogP contribution in [0.4, 0.5) is 5.69 Å². The van der Waals surface area contributed by atoms with Gasteiger partial charge in [0.2, 0.25) is 5.91 Å². The number of carbonyl (C=O) groups is 1. The number of nitrogens with one attached hydrogen (secondary N) is 1. The van der Waals surface area contributed by atoms with Gasteiger partial charge < -0.3 is 5.32 Å². The van der Waals surface area contributed by atoms with Crippen LogP contribution in [-0.4, -0.2) is 11.7 Å². The second kappa shape index (κ2) is 7.53. The minimum absolute atomic E-state index is 0.0204. The fourth-order valence-corrected chi connectivity index (χ4v) is 3.12. The highest BCUT2D eigenvalue weighted by Crippen LogP contribution is 2.18. The molecule has 0 unspecified atom stereocenters. The third-order valence-corrected chi connectivity index (χ3v) is 4.14. The van der Waals surface area contributed by atoms with Crippen molar-refractivity contribution in [3.05, 3.63) is 64.2 Å². The summed E-state index contributed by atoms with van der Waals surface area (Å²) in [6.07, 6.45) is 0. The van der Waals surface area contributed by atoms with Crippen LogP contribution in [0.25, 0.3) is 0 Å². The van der Waals surface area contributed by atoms with Crippen molar-refractivity contribution in [3.8, 4) is 0 Å². The minimum atomic E-state index is 0.0204. The van der Waals surface area contributed by atoms with Crippen molar-refractivity contribution in [2.24, 2.45) is 0 Å². The Morgan fingerprint density at radius 2 is 1.86 bits per heavy atom. The Morgan fingerprint density at radius 3 is 2.52 bits per heavy atom. The van der Waals surface area contributed by atoms with E-state index >= 15 is 0 Å². The average Bonchev–Trinajstić information content (AvgIpc) is 2.37. The molecule has 0 saturated carbocycles. The molecule has 0 aliphatic carbocycles. The summed E-state index contributed by atoms with van der Waals surface area (Å²) in [5.41, 5.74) is 4.29. The van der Waals surface area contributed by atoms with Crippen LogP contribution in [-0.2, 0) is 10.5 Å². The van der Waals surface area contributed by atoms with Gasteiger partial charge >= 0.3 is 0 Å². The summed E-state index contributed by atoms with van der Waals surface area (Å²) in [4.78, 5) is 11.9. The van der Waals surface area contributed by atoms with Crippen LogP contribution in [0.2, 0.25) is 5.02 Å². The summed E-state index contributed by atoms with van der Waals surface area (Å²) >= 11 is 7.51. The van der Waals surface area contributed by atoms with Crippen LogP contribution in [0.3, 0.4) is 0 Å². The first-order chi connectivity index (χ1) is 10.0. The number of aryl methyl sites for hydroxylation is 2. The van der Waals surface area contributed by atoms with E-state index < -0.39 is 0 Å². The lowest BCUT2D eigenvalue weighted by Gasteiger charge is -2.07. The maximum absolute atomic E-state index is 11.9. The van der Waals surface area contributed by atoms with Gasteiger partial charge in [-0.2, -0.15) is 0 Å². The predicted octanol–water partition coefficient (Wildman–Crippen LogP) is 4.83. The molecule has 0 saturated heterocycles. The molecule has 0 spiro atoms. The van der Waals surface area contributed by atoms with Crippen molar-refractivity contribution in [2.45, 2.75) is 19.6 Å². The number of carbonyl (C=O) groups excluding carboxylic acids is 1. The standard InChI is InChI=1S/C17H18ClNOS/c1-12-6-13(2)8-16(7-12)19-17(20)11-21-10-14-4-3-5-15(18)9-14/h3-9H,10-11H2,1-2H3,(H,19,20). The molecule has 2 aromatic carbocycles. The lowest BCUT2D eigenvalue weighted by atomic mass is 10.1. The molecule has 0 aromatic heterocycles. The number of thioether (sulfide) groups is 1. The molecule has 2 aromatic rings. The first kappa shape index (κ1) is 15.9. The Kier molecular flexibility index (Phi) is 5.71. The van der Waals surface area contributed by atoms with Gasteiger partial charge in [0, 0.05) is 16.5 Å². The van der Waals surface area contributed by atoms with E-state index in [-0.39, 0.29) is 5.91 Å². The van der Waals surface area contributed by atoms with Gasteiger partial charge in [-0.05, 0) is 54.8 Å². The second-order valence-corrected chi connectivity index (χ2v) is 6.47. The fraction of sp³-hybridized carbons (Fsp3) is 0.235. The van der Waals surface area contributed by atoms with Gasteiger partial charge in [0.25, 0.3) is 0 Å². The largest absolute Gasteiger partial charge is 0.325 e.